The summed E-state index contributed by atoms with van der Waals surface area (Å²) in [4.78, 5) is 2.70. The van der Waals surface area contributed by atoms with Crippen molar-refractivity contribution in [1.29, 1.82) is 0 Å². The van der Waals surface area contributed by atoms with Crippen LogP contribution >= 0.6 is 0 Å². The Bertz CT molecular complexity index is 251. The molecule has 2 rings (SSSR count). The molecule has 0 aromatic rings. The number of hydrogen-bond donors (Lipinski definition) is 1. The summed E-state index contributed by atoms with van der Waals surface area (Å²) >= 11 is 0. The molecule has 0 aromatic carbocycles. The normalized spacial score (nSPS) is 34.1. The molecular formula is C16H32N2O. The van der Waals surface area contributed by atoms with E-state index < -0.39 is 0 Å². The Balaban J connectivity index is 1.90. The summed E-state index contributed by atoms with van der Waals surface area (Å²) in [6.07, 6.45) is 6.71. The van der Waals surface area contributed by atoms with Gasteiger partial charge in [-0.1, -0.05) is 13.8 Å². The zero-order valence-corrected chi connectivity index (χ0v) is 12.9. The van der Waals surface area contributed by atoms with Gasteiger partial charge in [0, 0.05) is 25.1 Å². The zero-order valence-electron chi connectivity index (χ0n) is 12.9. The summed E-state index contributed by atoms with van der Waals surface area (Å²) in [5.41, 5.74) is 0.363. The Labute approximate surface area is 119 Å². The lowest BCUT2D eigenvalue weighted by atomic mass is 9.81. The van der Waals surface area contributed by atoms with Gasteiger partial charge < -0.3 is 15.0 Å². The van der Waals surface area contributed by atoms with E-state index in [0.29, 0.717) is 5.41 Å². The number of nitrogens with one attached hydrogen (secondary N) is 1. The average Bonchev–Trinajstić information content (AvgIpc) is 2.63. The van der Waals surface area contributed by atoms with Crippen molar-refractivity contribution in [3.8, 4) is 0 Å². The highest BCUT2D eigenvalue weighted by Crippen LogP contribution is 2.30. The summed E-state index contributed by atoms with van der Waals surface area (Å²) in [6.45, 7) is 12.5. The molecule has 1 N–H and O–H groups in total. The van der Waals surface area contributed by atoms with Crippen LogP contribution in [0.25, 0.3) is 0 Å². The first-order valence-electron chi connectivity index (χ1n) is 8.25. The van der Waals surface area contributed by atoms with E-state index in [-0.39, 0.29) is 0 Å². The lowest BCUT2D eigenvalue weighted by Gasteiger charge is -2.41. The third kappa shape index (κ3) is 4.73. The predicted octanol–water partition coefficient (Wildman–Crippen LogP) is 2.51. The van der Waals surface area contributed by atoms with E-state index in [9.17, 15) is 0 Å². The fourth-order valence-corrected chi connectivity index (χ4v) is 3.58. The topological polar surface area (TPSA) is 24.5 Å². The molecule has 0 aliphatic carbocycles. The van der Waals surface area contributed by atoms with Crippen LogP contribution < -0.4 is 5.32 Å². The lowest BCUT2D eigenvalue weighted by molar-refractivity contribution is -0.0256. The molecule has 2 unspecified atom stereocenters. The van der Waals surface area contributed by atoms with E-state index in [4.69, 9.17) is 4.74 Å². The molecule has 2 heterocycles. The molecule has 3 nitrogen and oxygen atoms in total. The van der Waals surface area contributed by atoms with Crippen LogP contribution in [0.2, 0.25) is 0 Å². The minimum atomic E-state index is 0.363. The summed E-state index contributed by atoms with van der Waals surface area (Å²) in [5.74, 6) is 0.914. The van der Waals surface area contributed by atoms with Crippen molar-refractivity contribution in [3.05, 3.63) is 0 Å². The van der Waals surface area contributed by atoms with Gasteiger partial charge in [0.25, 0.3) is 0 Å². The maximum atomic E-state index is 5.81. The van der Waals surface area contributed by atoms with Gasteiger partial charge in [0.05, 0.1) is 6.61 Å². The first-order valence-corrected chi connectivity index (χ1v) is 8.25. The highest BCUT2D eigenvalue weighted by molar-refractivity contribution is 4.88. The Hall–Kier alpha value is -0.120. The average molecular weight is 268 g/mol. The maximum absolute atomic E-state index is 5.81. The number of nitrogens with zero attached hydrogens (tertiary/aromatic N) is 1. The van der Waals surface area contributed by atoms with E-state index in [2.05, 4.69) is 24.1 Å². The minimum Gasteiger partial charge on any atom is -0.381 e. The van der Waals surface area contributed by atoms with Crippen molar-refractivity contribution in [3.63, 3.8) is 0 Å². The Kier molecular flexibility index (Phi) is 6.11. The van der Waals surface area contributed by atoms with Crippen molar-refractivity contribution in [2.45, 2.75) is 46.0 Å². The van der Waals surface area contributed by atoms with Crippen molar-refractivity contribution in [1.82, 2.24) is 10.2 Å². The van der Waals surface area contributed by atoms with Gasteiger partial charge in [-0.2, -0.15) is 0 Å². The smallest absolute Gasteiger partial charge is 0.0546 e. The van der Waals surface area contributed by atoms with Crippen LogP contribution in [0, 0.1) is 11.3 Å². The number of rotatable bonds is 5. The van der Waals surface area contributed by atoms with Gasteiger partial charge in [-0.3, -0.25) is 0 Å². The van der Waals surface area contributed by atoms with Crippen LogP contribution in [0.1, 0.15) is 46.0 Å². The third-order valence-corrected chi connectivity index (χ3v) is 4.82. The number of ether oxygens (including phenoxy) is 1. The molecule has 2 fully saturated rings. The third-order valence-electron chi connectivity index (χ3n) is 4.82. The first kappa shape index (κ1) is 15.3. The second-order valence-corrected chi connectivity index (χ2v) is 6.75. The van der Waals surface area contributed by atoms with E-state index in [1.54, 1.807) is 0 Å². The Morgan fingerprint density at radius 3 is 2.89 bits per heavy atom. The van der Waals surface area contributed by atoms with Crippen molar-refractivity contribution in [2.75, 3.05) is 45.9 Å². The predicted molar refractivity (Wildman–Crippen MR) is 80.5 cm³/mol. The van der Waals surface area contributed by atoms with Crippen molar-refractivity contribution >= 4 is 0 Å². The lowest BCUT2D eigenvalue weighted by Crippen LogP contribution is -2.49. The van der Waals surface area contributed by atoms with E-state index in [0.717, 1.165) is 32.2 Å². The molecule has 0 aromatic heterocycles. The maximum Gasteiger partial charge on any atom is 0.0546 e. The quantitative estimate of drug-likeness (QED) is 0.829. The van der Waals surface area contributed by atoms with Gasteiger partial charge in [0.2, 0.25) is 0 Å². The molecule has 2 saturated heterocycles. The summed E-state index contributed by atoms with van der Waals surface area (Å²) in [7, 11) is 0. The fraction of sp³-hybridized carbons (Fsp3) is 1.00. The standard InChI is InChI=1S/C16H32N2O/c1-3-17-12-16(8-5-11-19-14-16)13-18-9-4-6-15(2)7-10-18/h15,17H,3-14H2,1-2H3. The van der Waals surface area contributed by atoms with Crippen LogP contribution in [-0.4, -0.2) is 50.8 Å². The Morgan fingerprint density at radius 2 is 2.16 bits per heavy atom. The van der Waals surface area contributed by atoms with Gasteiger partial charge in [0.15, 0.2) is 0 Å². The summed E-state index contributed by atoms with van der Waals surface area (Å²) in [5, 5.41) is 3.57. The van der Waals surface area contributed by atoms with Gasteiger partial charge in [-0.05, 0) is 57.7 Å². The molecular weight excluding hydrogens is 236 g/mol. The van der Waals surface area contributed by atoms with Crippen LogP contribution in [0.5, 0.6) is 0 Å². The molecule has 2 aliphatic heterocycles. The van der Waals surface area contributed by atoms with E-state index in [1.807, 2.05) is 0 Å². The molecule has 2 aliphatic rings. The van der Waals surface area contributed by atoms with Gasteiger partial charge in [0.1, 0.15) is 0 Å². The molecule has 0 amide bonds. The minimum absolute atomic E-state index is 0.363. The molecule has 112 valence electrons. The van der Waals surface area contributed by atoms with Gasteiger partial charge in [-0.15, -0.1) is 0 Å². The molecule has 0 radical (unpaired) electrons. The van der Waals surface area contributed by atoms with Crippen LogP contribution in [0.4, 0.5) is 0 Å². The van der Waals surface area contributed by atoms with Gasteiger partial charge in [-0.25, -0.2) is 0 Å². The second kappa shape index (κ2) is 7.61. The van der Waals surface area contributed by atoms with E-state index >= 15 is 0 Å². The van der Waals surface area contributed by atoms with Crippen LogP contribution in [0.3, 0.4) is 0 Å². The molecule has 3 heteroatoms. The molecule has 0 spiro atoms. The molecule has 2 atom stereocenters. The highest BCUT2D eigenvalue weighted by atomic mass is 16.5. The van der Waals surface area contributed by atoms with Gasteiger partial charge >= 0.3 is 0 Å². The number of hydrogen-bond acceptors (Lipinski definition) is 3. The highest BCUT2D eigenvalue weighted by Gasteiger charge is 2.34. The first-order chi connectivity index (χ1) is 9.24. The summed E-state index contributed by atoms with van der Waals surface area (Å²) < 4.78 is 5.81. The molecule has 19 heavy (non-hydrogen) atoms. The molecule has 0 saturated carbocycles. The number of likely N-dealkylation sites (tertiary alicyclic amines) is 1. The Morgan fingerprint density at radius 1 is 1.26 bits per heavy atom. The second-order valence-electron chi connectivity index (χ2n) is 6.75. The monoisotopic (exact) mass is 268 g/mol. The largest absolute Gasteiger partial charge is 0.381 e. The van der Waals surface area contributed by atoms with Crippen molar-refractivity contribution in [2.24, 2.45) is 11.3 Å². The van der Waals surface area contributed by atoms with E-state index in [1.165, 1.54) is 51.7 Å². The van der Waals surface area contributed by atoms with Crippen LogP contribution in [-0.2, 0) is 4.74 Å². The molecule has 0 bridgehead atoms. The van der Waals surface area contributed by atoms with Crippen molar-refractivity contribution < 1.29 is 4.74 Å². The SMILES string of the molecule is CCNCC1(CN2CCCC(C)CC2)CCCOC1. The summed E-state index contributed by atoms with van der Waals surface area (Å²) in [6, 6.07) is 0. The zero-order chi connectivity index (χ0) is 13.6. The van der Waals surface area contributed by atoms with Crippen LogP contribution in [0.15, 0.2) is 0 Å². The fourth-order valence-electron chi connectivity index (χ4n) is 3.58.